The normalized spacial score (nSPS) is 13.7. The average Bonchev–Trinajstić information content (AvgIpc) is 2.69. The first-order chi connectivity index (χ1) is 14.6. The first-order valence-corrected chi connectivity index (χ1v) is 10.4. The Kier molecular flexibility index (Phi) is 5.17. The summed E-state index contributed by atoms with van der Waals surface area (Å²) in [5.74, 6) is 0.838. The number of carbonyl (C=O) groups excluding carboxylic acids is 1. The molecule has 0 fully saturated rings. The third kappa shape index (κ3) is 3.85. The Morgan fingerprint density at radius 3 is 2.61 bits per heavy atom. The van der Waals surface area contributed by atoms with Crippen molar-refractivity contribution in [2.24, 2.45) is 0 Å². The minimum Gasteiger partial charge on any atom is -0.474 e. The second-order valence-electron chi connectivity index (χ2n) is 8.62. The second kappa shape index (κ2) is 7.57. The largest absolute Gasteiger partial charge is 0.474 e. The van der Waals surface area contributed by atoms with Gasteiger partial charge in [0.15, 0.2) is 0 Å². The predicted octanol–water partition coefficient (Wildman–Crippen LogP) is 5.28. The van der Waals surface area contributed by atoms with E-state index in [0.717, 1.165) is 33.0 Å². The first kappa shape index (κ1) is 21.2. The molecule has 3 aromatic rings. The highest BCUT2D eigenvalue weighted by Gasteiger charge is 2.32. The maximum atomic E-state index is 12.9. The lowest BCUT2D eigenvalue weighted by Gasteiger charge is -2.32. The van der Waals surface area contributed by atoms with Gasteiger partial charge in [-0.15, -0.1) is 0 Å². The third-order valence-electron chi connectivity index (χ3n) is 5.23. The van der Waals surface area contributed by atoms with E-state index in [0.29, 0.717) is 35.6 Å². The molecular formula is C23H25ClN4O3. The molecule has 8 heteroatoms. The number of hydrogen-bond donors (Lipinski definition) is 1. The van der Waals surface area contributed by atoms with Crippen LogP contribution in [-0.4, -0.2) is 34.8 Å². The summed E-state index contributed by atoms with van der Waals surface area (Å²) in [4.78, 5) is 23.1. The zero-order valence-corrected chi connectivity index (χ0v) is 19.0. The Hall–Kier alpha value is -3.06. The Balaban J connectivity index is 1.88. The number of rotatable bonds is 1. The van der Waals surface area contributed by atoms with Gasteiger partial charge in [-0.25, -0.2) is 14.8 Å². The number of hydrogen-bond acceptors (Lipinski definition) is 6. The molecule has 1 amide bonds. The molecule has 0 unspecified atom stereocenters. The maximum absolute atomic E-state index is 12.9. The summed E-state index contributed by atoms with van der Waals surface area (Å²) < 4.78 is 11.3. The van der Waals surface area contributed by atoms with Crippen molar-refractivity contribution < 1.29 is 14.3 Å². The molecule has 1 aromatic carbocycles. The number of benzene rings is 1. The van der Waals surface area contributed by atoms with Crippen LogP contribution in [0.5, 0.6) is 5.88 Å². The SMILES string of the molecule is Cc1c(-c2cc3cc(N)ncc3c(C)c2Cl)cnc2c1N(C(=O)OC(C)(C)C)CCO2. The lowest BCUT2D eigenvalue weighted by atomic mass is 9.95. The second-order valence-corrected chi connectivity index (χ2v) is 9.00. The number of pyridine rings is 2. The lowest BCUT2D eigenvalue weighted by molar-refractivity contribution is 0.0566. The van der Waals surface area contributed by atoms with Crippen LogP contribution < -0.4 is 15.4 Å². The van der Waals surface area contributed by atoms with Crippen LogP contribution in [0.3, 0.4) is 0 Å². The number of aromatic nitrogens is 2. The van der Waals surface area contributed by atoms with E-state index in [1.54, 1.807) is 17.3 Å². The van der Waals surface area contributed by atoms with E-state index >= 15 is 0 Å². The van der Waals surface area contributed by atoms with Gasteiger partial charge in [-0.05, 0) is 63.3 Å². The molecule has 31 heavy (non-hydrogen) atoms. The van der Waals surface area contributed by atoms with Gasteiger partial charge in [-0.1, -0.05) is 11.6 Å². The fraction of sp³-hybridized carbons (Fsp3) is 0.348. The number of ether oxygens (including phenoxy) is 2. The molecule has 3 heterocycles. The smallest absolute Gasteiger partial charge is 0.415 e. The van der Waals surface area contributed by atoms with E-state index in [4.69, 9.17) is 26.8 Å². The van der Waals surface area contributed by atoms with Crippen molar-refractivity contribution in [3.63, 3.8) is 0 Å². The molecule has 4 rings (SSSR count). The molecule has 0 spiro atoms. The highest BCUT2D eigenvalue weighted by molar-refractivity contribution is 6.35. The molecule has 0 aliphatic carbocycles. The van der Waals surface area contributed by atoms with E-state index in [-0.39, 0.29) is 0 Å². The number of anilines is 2. The Bertz CT molecular complexity index is 1200. The molecule has 2 N–H and O–H groups in total. The highest BCUT2D eigenvalue weighted by Crippen LogP contribution is 2.43. The summed E-state index contributed by atoms with van der Waals surface area (Å²) in [6.07, 6.45) is 3.02. The Labute approximate surface area is 186 Å². The van der Waals surface area contributed by atoms with Crippen LogP contribution in [0.25, 0.3) is 21.9 Å². The zero-order valence-electron chi connectivity index (χ0n) is 18.2. The van der Waals surface area contributed by atoms with E-state index in [1.165, 1.54) is 0 Å². The van der Waals surface area contributed by atoms with Gasteiger partial charge in [0.1, 0.15) is 23.7 Å². The summed E-state index contributed by atoms with van der Waals surface area (Å²) in [6, 6.07) is 3.79. The fourth-order valence-electron chi connectivity index (χ4n) is 3.76. The Morgan fingerprint density at radius 1 is 1.16 bits per heavy atom. The van der Waals surface area contributed by atoms with Gasteiger partial charge in [0.25, 0.3) is 0 Å². The minimum absolute atomic E-state index is 0.347. The maximum Gasteiger partial charge on any atom is 0.415 e. The number of amides is 1. The summed E-state index contributed by atoms with van der Waals surface area (Å²) in [6.45, 7) is 10.1. The van der Waals surface area contributed by atoms with Crippen LogP contribution in [0.15, 0.2) is 24.5 Å². The molecule has 0 radical (unpaired) electrons. The van der Waals surface area contributed by atoms with E-state index < -0.39 is 11.7 Å². The molecule has 0 bridgehead atoms. The van der Waals surface area contributed by atoms with Crippen molar-refractivity contribution in [3.05, 3.63) is 40.7 Å². The lowest BCUT2D eigenvalue weighted by Crippen LogP contribution is -2.42. The topological polar surface area (TPSA) is 90.6 Å². The van der Waals surface area contributed by atoms with Crippen molar-refractivity contribution in [2.75, 3.05) is 23.8 Å². The van der Waals surface area contributed by atoms with Crippen LogP contribution in [0, 0.1) is 13.8 Å². The molecule has 2 aromatic heterocycles. The van der Waals surface area contributed by atoms with Crippen molar-refractivity contribution in [2.45, 2.75) is 40.2 Å². The van der Waals surface area contributed by atoms with Gasteiger partial charge in [-0.2, -0.15) is 0 Å². The number of nitrogens with zero attached hydrogens (tertiary/aromatic N) is 3. The molecule has 0 saturated heterocycles. The van der Waals surface area contributed by atoms with Crippen LogP contribution in [0.2, 0.25) is 5.02 Å². The average molecular weight is 441 g/mol. The summed E-state index contributed by atoms with van der Waals surface area (Å²) in [5, 5.41) is 2.47. The number of fused-ring (bicyclic) bond motifs is 2. The summed E-state index contributed by atoms with van der Waals surface area (Å²) in [7, 11) is 0. The Morgan fingerprint density at radius 2 is 1.90 bits per heavy atom. The first-order valence-electron chi connectivity index (χ1n) is 10.0. The number of carbonyl (C=O) groups is 1. The molecule has 1 aliphatic heterocycles. The van der Waals surface area contributed by atoms with Gasteiger partial charge < -0.3 is 15.2 Å². The molecule has 7 nitrogen and oxygen atoms in total. The van der Waals surface area contributed by atoms with Crippen molar-refractivity contribution in [1.29, 1.82) is 0 Å². The standard InChI is InChI=1S/C23H25ClN4O3/c1-12-16-10-26-18(25)9-14(16)8-15(19(12)24)17-11-27-21-20(13(17)2)28(6-7-30-21)22(29)31-23(3,4)5/h8-11H,6-7H2,1-5H3,(H2,25,26). The highest BCUT2D eigenvalue weighted by atomic mass is 35.5. The quantitative estimate of drug-likeness (QED) is 0.553. The molecule has 0 saturated carbocycles. The van der Waals surface area contributed by atoms with Gasteiger partial charge in [0, 0.05) is 28.9 Å². The van der Waals surface area contributed by atoms with Gasteiger partial charge in [-0.3, -0.25) is 4.90 Å². The molecular weight excluding hydrogens is 416 g/mol. The predicted molar refractivity (Wildman–Crippen MR) is 123 cm³/mol. The van der Waals surface area contributed by atoms with E-state index in [2.05, 4.69) is 9.97 Å². The van der Waals surface area contributed by atoms with Crippen LogP contribution in [-0.2, 0) is 4.74 Å². The van der Waals surface area contributed by atoms with Crippen molar-refractivity contribution in [3.8, 4) is 17.0 Å². The summed E-state index contributed by atoms with van der Waals surface area (Å²) >= 11 is 6.76. The van der Waals surface area contributed by atoms with Gasteiger partial charge >= 0.3 is 6.09 Å². The monoisotopic (exact) mass is 440 g/mol. The van der Waals surface area contributed by atoms with Crippen molar-refractivity contribution >= 4 is 40.0 Å². The molecule has 162 valence electrons. The number of aryl methyl sites for hydroxylation is 1. The van der Waals surface area contributed by atoms with E-state index in [1.807, 2.05) is 46.8 Å². The van der Waals surface area contributed by atoms with Crippen LogP contribution >= 0.6 is 11.6 Å². The summed E-state index contributed by atoms with van der Waals surface area (Å²) in [5.41, 5.74) is 9.23. The number of nitrogen functional groups attached to an aromatic ring is 1. The molecule has 0 atom stereocenters. The minimum atomic E-state index is -0.610. The van der Waals surface area contributed by atoms with Crippen LogP contribution in [0.4, 0.5) is 16.3 Å². The van der Waals surface area contributed by atoms with Crippen LogP contribution in [0.1, 0.15) is 31.9 Å². The van der Waals surface area contributed by atoms with Gasteiger partial charge in [0.2, 0.25) is 5.88 Å². The third-order valence-corrected chi connectivity index (χ3v) is 5.71. The zero-order chi connectivity index (χ0) is 22.5. The fourth-order valence-corrected chi connectivity index (χ4v) is 4.02. The van der Waals surface area contributed by atoms with Gasteiger partial charge in [0.05, 0.1) is 11.6 Å². The number of halogens is 1. The number of nitrogens with two attached hydrogens (primary N) is 1. The van der Waals surface area contributed by atoms with Crippen molar-refractivity contribution in [1.82, 2.24) is 9.97 Å². The van der Waals surface area contributed by atoms with E-state index in [9.17, 15) is 4.79 Å². The molecule has 1 aliphatic rings.